The van der Waals surface area contributed by atoms with Crippen molar-refractivity contribution < 1.29 is 7.61 Å². The molecule has 2 aliphatic heterocycles. The standard InChI is InChI=1S/C35H24N8.2Al.2O.2H/c1-2-10-19-11-9-18-26-27(19)35-42-33-25-17-8-7-16-24(25)31(40-33)38-29-21-13-4-3-12-20(21)28(36-29)37-30-22-14-5-6-15-23(22)32(39-30)41-34(26)43-35;;;;;;/h3-9,11-18H,2,10H2,1H3,(H2,36,37,38,39,40,41,42,43);;;;;;. The summed E-state index contributed by atoms with van der Waals surface area (Å²) in [6.07, 6.45) is 1.94. The van der Waals surface area contributed by atoms with Gasteiger partial charge < -0.3 is 9.97 Å². The van der Waals surface area contributed by atoms with Crippen LogP contribution in [0.3, 0.4) is 0 Å². The molecule has 12 heteroatoms. The Kier molecular flexibility index (Phi) is 8.42. The van der Waals surface area contributed by atoms with Gasteiger partial charge in [0.2, 0.25) is 0 Å². The molecule has 4 aromatic carbocycles. The Morgan fingerprint density at radius 2 is 0.851 bits per heavy atom. The van der Waals surface area contributed by atoms with Crippen LogP contribution in [0.25, 0.3) is 89.7 Å². The maximum atomic E-state index is 8.28. The molecule has 2 aliphatic rings. The van der Waals surface area contributed by atoms with E-state index in [0.29, 0.717) is 72.7 Å². The number of nitrogens with one attached hydrogen (secondary N) is 2. The minimum atomic E-state index is 0.603. The number of aryl methyl sites for hydroxylation is 1. The maximum absolute atomic E-state index is 8.28. The second kappa shape index (κ2) is 13.0. The summed E-state index contributed by atoms with van der Waals surface area (Å²) in [6.45, 7) is 2.19. The van der Waals surface area contributed by atoms with Crippen LogP contribution >= 0.6 is 0 Å². The van der Waals surface area contributed by atoms with Crippen LogP contribution in [0.2, 0.25) is 0 Å². The van der Waals surface area contributed by atoms with Gasteiger partial charge in [-0.15, -0.1) is 0 Å². The van der Waals surface area contributed by atoms with Crippen LogP contribution in [0, 0.1) is 0 Å². The Morgan fingerprint density at radius 3 is 1.32 bits per heavy atom. The first kappa shape index (κ1) is 30.6. The first-order valence-corrected chi connectivity index (χ1v) is 16.2. The van der Waals surface area contributed by atoms with Crippen molar-refractivity contribution in [3.8, 4) is 45.6 Å². The third-order valence-corrected chi connectivity index (χ3v) is 8.19. The van der Waals surface area contributed by atoms with Gasteiger partial charge in [-0.2, -0.15) is 0 Å². The summed E-state index contributed by atoms with van der Waals surface area (Å²) in [5, 5.41) is 3.97. The molecule has 3 aromatic heterocycles. The van der Waals surface area contributed by atoms with Gasteiger partial charge in [0.05, 0.1) is 0 Å². The van der Waals surface area contributed by atoms with Crippen LogP contribution in [0.4, 0.5) is 0 Å². The number of aromatic amines is 2. The number of fused-ring (bicyclic) bond motifs is 20. The quantitative estimate of drug-likeness (QED) is 0.209. The van der Waals surface area contributed by atoms with Gasteiger partial charge in [-0.05, 0) is 12.0 Å². The van der Waals surface area contributed by atoms with Gasteiger partial charge in [-0.1, -0.05) is 104 Å². The Bertz CT molecular complexity index is 2490. The average Bonchev–Trinajstić information content (AvgIpc) is 3.86. The Hall–Kier alpha value is -5.10. The molecule has 0 unspecified atom stereocenters. The molecule has 0 radical (unpaired) electrons. The zero-order valence-electron chi connectivity index (χ0n) is 25.5. The fraction of sp³-hybridized carbons (Fsp3) is 0.0857. The fourth-order valence-corrected chi connectivity index (χ4v) is 6.24. The van der Waals surface area contributed by atoms with Crippen molar-refractivity contribution in [3.05, 3.63) is 96.6 Å². The monoisotopic (exact) mass is 644 g/mol. The van der Waals surface area contributed by atoms with E-state index in [1.54, 1.807) is 0 Å². The molecule has 0 spiro atoms. The number of hydrogen-bond donors (Lipinski definition) is 2. The molecule has 7 aromatic rings. The van der Waals surface area contributed by atoms with Gasteiger partial charge in [0, 0.05) is 43.8 Å². The normalized spacial score (nSPS) is 11.1. The SMILES string of the molecule is CCCc1cccc2c3nc4nc(nc5[nH]c(nc6nc(nc([nH]3)c12)-c1ccccc1-6)c1ccccc51)-c1ccccc1-4.[O]=[AlH].[O]=[AlH]. The van der Waals surface area contributed by atoms with Gasteiger partial charge in [-0.25, -0.2) is 29.9 Å². The van der Waals surface area contributed by atoms with Crippen LogP contribution in [-0.4, -0.2) is 72.3 Å². The van der Waals surface area contributed by atoms with Crippen molar-refractivity contribution in [2.24, 2.45) is 0 Å². The van der Waals surface area contributed by atoms with E-state index in [4.69, 9.17) is 37.5 Å². The third-order valence-electron chi connectivity index (χ3n) is 8.19. The van der Waals surface area contributed by atoms with Crippen LogP contribution in [0.15, 0.2) is 91.0 Å². The van der Waals surface area contributed by atoms with Gasteiger partial charge >= 0.3 is 40.1 Å². The van der Waals surface area contributed by atoms with Crippen molar-refractivity contribution in [2.75, 3.05) is 0 Å². The van der Waals surface area contributed by atoms with Crippen molar-refractivity contribution in [3.63, 3.8) is 0 Å². The van der Waals surface area contributed by atoms with Crippen LogP contribution in [-0.2, 0) is 14.0 Å². The van der Waals surface area contributed by atoms with Gasteiger partial charge in [0.15, 0.2) is 23.3 Å². The Balaban J connectivity index is 0.000000848. The molecule has 47 heavy (non-hydrogen) atoms. The van der Waals surface area contributed by atoms with E-state index in [2.05, 4.69) is 35.1 Å². The molecule has 9 rings (SSSR count). The van der Waals surface area contributed by atoms with E-state index in [-0.39, 0.29) is 0 Å². The molecule has 224 valence electrons. The van der Waals surface area contributed by atoms with Crippen molar-refractivity contribution >= 4 is 76.6 Å². The topological polar surface area (TPSA) is 143 Å². The first-order chi connectivity index (χ1) is 23.2. The van der Waals surface area contributed by atoms with Gasteiger partial charge in [0.1, 0.15) is 22.6 Å². The van der Waals surface area contributed by atoms with Crippen LogP contribution in [0.1, 0.15) is 18.9 Å². The molecule has 5 heterocycles. The van der Waals surface area contributed by atoms with E-state index in [0.717, 1.165) is 62.3 Å². The number of H-pyrrole nitrogens is 2. The van der Waals surface area contributed by atoms with Crippen LogP contribution in [0.5, 0.6) is 0 Å². The number of rotatable bonds is 2. The zero-order valence-corrected chi connectivity index (χ0v) is 28.3. The molecule has 0 amide bonds. The number of nitrogens with zero attached hydrogens (tertiary/aromatic N) is 6. The van der Waals surface area contributed by atoms with Crippen molar-refractivity contribution in [2.45, 2.75) is 19.8 Å². The summed E-state index contributed by atoms with van der Waals surface area (Å²) in [5.74, 6) is 2.43. The average molecular weight is 645 g/mol. The minimum absolute atomic E-state index is 0.603. The molecule has 0 aliphatic carbocycles. The number of aromatic nitrogens is 8. The molecule has 10 nitrogen and oxygen atoms in total. The third kappa shape index (κ3) is 5.22. The number of hydrogen-bond acceptors (Lipinski definition) is 8. The number of benzene rings is 4. The summed E-state index contributed by atoms with van der Waals surface area (Å²) in [5.41, 5.74) is 7.78. The van der Waals surface area contributed by atoms with E-state index in [9.17, 15) is 0 Å². The molecule has 0 atom stereocenters. The molecule has 2 N–H and O–H groups in total. The second-order valence-electron chi connectivity index (χ2n) is 10.8. The second-order valence-corrected chi connectivity index (χ2v) is 10.8. The molecule has 0 fully saturated rings. The Morgan fingerprint density at radius 1 is 0.468 bits per heavy atom. The molecular weight excluding hydrogens is 618 g/mol. The van der Waals surface area contributed by atoms with Crippen molar-refractivity contribution in [1.82, 2.24) is 39.9 Å². The summed E-state index contributed by atoms with van der Waals surface area (Å²) < 4.78 is 16.6. The summed E-state index contributed by atoms with van der Waals surface area (Å²) in [7, 11) is 0. The zero-order chi connectivity index (χ0) is 32.5. The first-order valence-electron chi connectivity index (χ1n) is 15.0. The van der Waals surface area contributed by atoms with E-state index in [1.807, 2.05) is 72.8 Å². The summed E-state index contributed by atoms with van der Waals surface area (Å²) in [6, 6.07) is 30.7. The molecule has 8 bridgehead atoms. The molecule has 0 saturated carbocycles. The van der Waals surface area contributed by atoms with Gasteiger partial charge in [-0.3, -0.25) is 0 Å². The Labute approximate surface area is 284 Å². The van der Waals surface area contributed by atoms with Crippen LogP contribution < -0.4 is 0 Å². The summed E-state index contributed by atoms with van der Waals surface area (Å²) >= 11 is 1.22. The molecule has 0 saturated heterocycles. The fourth-order valence-electron chi connectivity index (χ4n) is 6.24. The predicted molar refractivity (Wildman–Crippen MR) is 186 cm³/mol. The van der Waals surface area contributed by atoms with Crippen molar-refractivity contribution in [1.29, 1.82) is 0 Å². The van der Waals surface area contributed by atoms with E-state index < -0.39 is 0 Å². The predicted octanol–water partition coefficient (Wildman–Crippen LogP) is 6.29. The van der Waals surface area contributed by atoms with E-state index >= 15 is 0 Å². The molecular formula is C35H26Al2N8O2. The van der Waals surface area contributed by atoms with E-state index in [1.165, 1.54) is 5.56 Å². The summed E-state index contributed by atoms with van der Waals surface area (Å²) in [4.78, 5) is 37.4. The van der Waals surface area contributed by atoms with Gasteiger partial charge in [0.25, 0.3) is 0 Å².